The van der Waals surface area contributed by atoms with E-state index in [1.54, 1.807) is 0 Å². The van der Waals surface area contributed by atoms with E-state index in [-0.39, 0.29) is 0 Å². The molecule has 0 nitrogen and oxygen atoms in total. The molecule has 1 atom stereocenters. The van der Waals surface area contributed by atoms with Gasteiger partial charge in [-0.2, -0.15) is 0 Å². The summed E-state index contributed by atoms with van der Waals surface area (Å²) in [5, 5.41) is 0. The monoisotopic (exact) mass is 110 g/mol. The van der Waals surface area contributed by atoms with Crippen LogP contribution in [-0.2, 0) is 0 Å². The Kier molecular flexibility index (Phi) is 2.38. The molecule has 0 aromatic heterocycles. The summed E-state index contributed by atoms with van der Waals surface area (Å²) in [6.07, 6.45) is 10.2. The number of rotatable bonds is 2. The first kappa shape index (κ1) is 6.12. The fourth-order valence-corrected chi connectivity index (χ4v) is 1.35. The van der Waals surface area contributed by atoms with Crippen LogP contribution in [0.4, 0.5) is 0 Å². The molecule has 0 N–H and O–H groups in total. The highest BCUT2D eigenvalue weighted by atomic mass is 14.2. The molecule has 1 saturated carbocycles. The minimum absolute atomic E-state index is 0.861. The Morgan fingerprint density at radius 3 is 3.00 bits per heavy atom. The van der Waals surface area contributed by atoms with Crippen molar-refractivity contribution >= 4 is 0 Å². The molecule has 0 amide bonds. The highest BCUT2D eigenvalue weighted by molar-refractivity contribution is 4.82. The zero-order valence-electron chi connectivity index (χ0n) is 5.61. The smallest absolute Gasteiger partial charge is 0.0140 e. The Hall–Kier alpha value is 0. The van der Waals surface area contributed by atoms with Crippen molar-refractivity contribution in [3.05, 3.63) is 6.42 Å². The Bertz CT molecular complexity index is 51.1. The van der Waals surface area contributed by atoms with Gasteiger partial charge in [-0.25, -0.2) is 0 Å². The Morgan fingerprint density at radius 2 is 2.50 bits per heavy atom. The zero-order chi connectivity index (χ0) is 5.82. The second-order valence-corrected chi connectivity index (χ2v) is 2.58. The molecule has 0 heteroatoms. The van der Waals surface area contributed by atoms with E-state index < -0.39 is 0 Å². The summed E-state index contributed by atoms with van der Waals surface area (Å²) in [6.45, 7) is 2.25. The summed E-state index contributed by atoms with van der Waals surface area (Å²) < 4.78 is 0. The van der Waals surface area contributed by atoms with Crippen molar-refractivity contribution < 1.29 is 0 Å². The van der Waals surface area contributed by atoms with E-state index in [1.807, 2.05) is 0 Å². The van der Waals surface area contributed by atoms with Crippen LogP contribution < -0.4 is 0 Å². The molecule has 1 rings (SSSR count). The molecule has 0 bridgehead atoms. The molecule has 0 spiro atoms. The van der Waals surface area contributed by atoms with Gasteiger partial charge in [0, 0.05) is 0 Å². The van der Waals surface area contributed by atoms with Gasteiger partial charge < -0.3 is 0 Å². The first-order valence-electron chi connectivity index (χ1n) is 3.67. The van der Waals surface area contributed by atoms with Gasteiger partial charge in [0.25, 0.3) is 0 Å². The molecule has 1 aliphatic carbocycles. The summed E-state index contributed by atoms with van der Waals surface area (Å²) >= 11 is 0. The first-order valence-corrected chi connectivity index (χ1v) is 3.67. The van der Waals surface area contributed by atoms with Crippen LogP contribution in [0.5, 0.6) is 0 Å². The van der Waals surface area contributed by atoms with Gasteiger partial charge in [0.1, 0.15) is 0 Å². The van der Waals surface area contributed by atoms with E-state index in [0.29, 0.717) is 0 Å². The summed E-state index contributed by atoms with van der Waals surface area (Å²) in [7, 11) is 0. The van der Waals surface area contributed by atoms with Crippen molar-refractivity contribution in [3.63, 3.8) is 0 Å². The Labute approximate surface area is 52.3 Å². The van der Waals surface area contributed by atoms with Crippen molar-refractivity contribution in [1.82, 2.24) is 0 Å². The van der Waals surface area contributed by atoms with Crippen molar-refractivity contribution in [3.8, 4) is 0 Å². The molecular weight excluding hydrogens is 96.1 g/mol. The van der Waals surface area contributed by atoms with Gasteiger partial charge in [0.15, 0.2) is 0 Å². The second-order valence-electron chi connectivity index (χ2n) is 2.58. The standard InChI is InChI=1S/C8H14/c1-2-5-8-6-3-4-7-8/h8H,2-6H2,1H3. The van der Waals surface area contributed by atoms with Crippen LogP contribution >= 0.6 is 0 Å². The van der Waals surface area contributed by atoms with Gasteiger partial charge in [0.2, 0.25) is 0 Å². The van der Waals surface area contributed by atoms with Crippen molar-refractivity contribution in [2.45, 2.75) is 39.0 Å². The van der Waals surface area contributed by atoms with Gasteiger partial charge in [-0.05, 0) is 25.2 Å². The quantitative estimate of drug-likeness (QED) is 0.512. The van der Waals surface area contributed by atoms with Crippen LogP contribution in [0.1, 0.15) is 39.0 Å². The Morgan fingerprint density at radius 1 is 1.62 bits per heavy atom. The lowest BCUT2D eigenvalue weighted by Gasteiger charge is -2.02. The lowest BCUT2D eigenvalue weighted by Crippen LogP contribution is -1.90. The zero-order valence-corrected chi connectivity index (χ0v) is 5.61. The summed E-state index contributed by atoms with van der Waals surface area (Å²) in [5.41, 5.74) is 0. The third kappa shape index (κ3) is 1.50. The maximum atomic E-state index is 3.46. The highest BCUT2D eigenvalue weighted by Crippen LogP contribution is 2.26. The highest BCUT2D eigenvalue weighted by Gasteiger charge is 2.13. The molecule has 1 aliphatic rings. The summed E-state index contributed by atoms with van der Waals surface area (Å²) in [6, 6.07) is 0. The summed E-state index contributed by atoms with van der Waals surface area (Å²) in [5.74, 6) is 0.861. The predicted octanol–water partition coefficient (Wildman–Crippen LogP) is 2.67. The van der Waals surface area contributed by atoms with E-state index >= 15 is 0 Å². The minimum atomic E-state index is 0.861. The fraction of sp³-hybridized carbons (Fsp3) is 0.875. The van der Waals surface area contributed by atoms with Gasteiger partial charge in [-0.1, -0.05) is 26.2 Å². The first-order chi connectivity index (χ1) is 3.93. The van der Waals surface area contributed by atoms with Gasteiger partial charge >= 0.3 is 0 Å². The molecular formula is C8H14. The Balaban J connectivity index is 2.06. The van der Waals surface area contributed by atoms with Crippen molar-refractivity contribution in [2.24, 2.45) is 5.92 Å². The van der Waals surface area contributed by atoms with Crippen LogP contribution in [0, 0.1) is 12.3 Å². The average Bonchev–Trinajstić information content (AvgIpc) is 2.19. The minimum Gasteiger partial charge on any atom is -0.0654 e. The van der Waals surface area contributed by atoms with E-state index in [2.05, 4.69) is 13.3 Å². The average molecular weight is 110 g/mol. The third-order valence-corrected chi connectivity index (χ3v) is 1.80. The maximum absolute atomic E-state index is 3.46. The van der Waals surface area contributed by atoms with E-state index in [9.17, 15) is 0 Å². The lowest BCUT2D eigenvalue weighted by molar-refractivity contribution is 0.559. The van der Waals surface area contributed by atoms with Crippen LogP contribution in [0.25, 0.3) is 0 Å². The molecule has 0 heterocycles. The maximum Gasteiger partial charge on any atom is -0.0140 e. The number of hydrogen-bond donors (Lipinski definition) is 0. The molecule has 46 valence electrons. The topological polar surface area (TPSA) is 0 Å². The molecule has 0 saturated heterocycles. The van der Waals surface area contributed by atoms with Crippen molar-refractivity contribution in [2.75, 3.05) is 0 Å². The SMILES string of the molecule is CCCC1[C]CCC1. The molecule has 1 unspecified atom stereocenters. The van der Waals surface area contributed by atoms with E-state index in [0.717, 1.165) is 5.92 Å². The normalized spacial score (nSPS) is 22.1. The molecule has 0 aromatic carbocycles. The lowest BCUT2D eigenvalue weighted by atomic mass is 10.0. The molecule has 2 radical (unpaired) electrons. The van der Waals surface area contributed by atoms with Gasteiger partial charge in [0.05, 0.1) is 0 Å². The molecule has 0 aliphatic heterocycles. The number of hydrogen-bond acceptors (Lipinski definition) is 0. The third-order valence-electron chi connectivity index (χ3n) is 1.80. The van der Waals surface area contributed by atoms with Gasteiger partial charge in [-0.3, -0.25) is 0 Å². The van der Waals surface area contributed by atoms with E-state index in [4.69, 9.17) is 0 Å². The van der Waals surface area contributed by atoms with Gasteiger partial charge in [-0.15, -0.1) is 0 Å². The van der Waals surface area contributed by atoms with Crippen LogP contribution in [0.3, 0.4) is 0 Å². The van der Waals surface area contributed by atoms with Crippen LogP contribution in [-0.4, -0.2) is 0 Å². The molecule has 0 aromatic rings. The summed E-state index contributed by atoms with van der Waals surface area (Å²) in [4.78, 5) is 0. The largest absolute Gasteiger partial charge is 0.0654 e. The predicted molar refractivity (Wildman–Crippen MR) is 35.5 cm³/mol. The molecule has 1 fully saturated rings. The second kappa shape index (κ2) is 3.11. The van der Waals surface area contributed by atoms with Crippen LogP contribution in [0.2, 0.25) is 0 Å². The molecule has 8 heavy (non-hydrogen) atoms. The fourth-order valence-electron chi connectivity index (χ4n) is 1.35. The van der Waals surface area contributed by atoms with Crippen molar-refractivity contribution in [1.29, 1.82) is 0 Å². The van der Waals surface area contributed by atoms with Crippen LogP contribution in [0.15, 0.2) is 0 Å². The van der Waals surface area contributed by atoms with E-state index in [1.165, 1.54) is 32.1 Å².